The first-order chi connectivity index (χ1) is 12.3. The van der Waals surface area contributed by atoms with E-state index in [1.807, 2.05) is 0 Å². The highest BCUT2D eigenvalue weighted by Gasteiger charge is 2.34. The van der Waals surface area contributed by atoms with Gasteiger partial charge in [-0.3, -0.25) is 4.79 Å². The van der Waals surface area contributed by atoms with E-state index in [9.17, 15) is 4.79 Å². The number of hydrogen-bond donors (Lipinski definition) is 0. The predicted octanol–water partition coefficient (Wildman–Crippen LogP) is 2.66. The molecule has 0 spiro atoms. The summed E-state index contributed by atoms with van der Waals surface area (Å²) in [4.78, 5) is 15.1. The second kappa shape index (κ2) is 5.97. The third-order valence-electron chi connectivity index (χ3n) is 6.24. The van der Waals surface area contributed by atoms with Crippen molar-refractivity contribution < 1.29 is 4.79 Å². The Labute approximate surface area is 148 Å². The van der Waals surface area contributed by atoms with Crippen LogP contribution in [0.2, 0.25) is 0 Å². The van der Waals surface area contributed by atoms with Gasteiger partial charge in [-0.25, -0.2) is 0 Å². The van der Waals surface area contributed by atoms with Gasteiger partial charge < -0.3 is 9.47 Å². The molecule has 1 fully saturated rings. The van der Waals surface area contributed by atoms with Gasteiger partial charge in [-0.2, -0.15) is 0 Å². The van der Waals surface area contributed by atoms with Gasteiger partial charge in [0.15, 0.2) is 0 Å². The Kier molecular flexibility index (Phi) is 3.61. The zero-order valence-electron chi connectivity index (χ0n) is 14.5. The Balaban J connectivity index is 1.27. The minimum absolute atomic E-state index is 0.0742. The largest absolute Gasteiger partial charge is 0.342 e. The Morgan fingerprint density at radius 1 is 1.00 bits per heavy atom. The van der Waals surface area contributed by atoms with Crippen LogP contribution in [0.4, 0.5) is 0 Å². The molecule has 2 aliphatic heterocycles. The summed E-state index contributed by atoms with van der Waals surface area (Å²) in [5.41, 5.74) is 2.61. The fourth-order valence-corrected chi connectivity index (χ4v) is 4.87. The van der Waals surface area contributed by atoms with E-state index in [1.165, 1.54) is 17.5 Å². The van der Waals surface area contributed by atoms with Crippen LogP contribution >= 0.6 is 0 Å². The maximum atomic E-state index is 13.0. The number of piperidine rings is 1. The van der Waals surface area contributed by atoms with Crippen molar-refractivity contribution in [1.82, 2.24) is 19.7 Å². The lowest BCUT2D eigenvalue weighted by molar-refractivity contribution is -0.133. The van der Waals surface area contributed by atoms with Crippen LogP contribution in [0.15, 0.2) is 24.3 Å². The number of carbonyl (C=O) groups is 1. The number of carbonyl (C=O) groups excluding carboxylic acids is 1. The molecule has 3 heterocycles. The molecule has 1 amide bonds. The van der Waals surface area contributed by atoms with E-state index in [4.69, 9.17) is 0 Å². The quantitative estimate of drug-likeness (QED) is 0.847. The molecule has 3 aliphatic rings. The number of aryl methyl sites for hydroxylation is 2. The molecule has 5 nitrogen and oxygen atoms in total. The van der Waals surface area contributed by atoms with Crippen molar-refractivity contribution in [1.29, 1.82) is 0 Å². The van der Waals surface area contributed by atoms with E-state index < -0.39 is 0 Å². The molecule has 1 aromatic carbocycles. The van der Waals surface area contributed by atoms with E-state index >= 15 is 0 Å². The number of hydrogen-bond acceptors (Lipinski definition) is 3. The molecule has 130 valence electrons. The fourth-order valence-electron chi connectivity index (χ4n) is 4.87. The molecule has 0 N–H and O–H groups in total. The number of nitrogens with zero attached hydrogens (tertiary/aromatic N) is 4. The third kappa shape index (κ3) is 2.48. The summed E-state index contributed by atoms with van der Waals surface area (Å²) in [6.45, 7) is 2.77. The van der Waals surface area contributed by atoms with Gasteiger partial charge >= 0.3 is 0 Å². The highest BCUT2D eigenvalue weighted by atomic mass is 16.2. The summed E-state index contributed by atoms with van der Waals surface area (Å²) in [5.74, 6) is 3.17. The fraction of sp³-hybridized carbons (Fsp3) is 0.550. The Bertz CT molecular complexity index is 804. The summed E-state index contributed by atoms with van der Waals surface area (Å²) < 4.78 is 2.31. The number of amides is 1. The second-order valence-corrected chi connectivity index (χ2v) is 7.62. The van der Waals surface area contributed by atoms with Crippen LogP contribution in [-0.2, 0) is 24.2 Å². The molecule has 0 unspecified atom stereocenters. The van der Waals surface area contributed by atoms with Crippen molar-refractivity contribution >= 4 is 5.91 Å². The first-order valence-electron chi connectivity index (χ1n) is 9.60. The molecule has 0 saturated carbocycles. The number of rotatable bonds is 2. The van der Waals surface area contributed by atoms with Crippen LogP contribution in [0.25, 0.3) is 0 Å². The van der Waals surface area contributed by atoms with Crippen molar-refractivity contribution in [3.05, 3.63) is 47.0 Å². The topological polar surface area (TPSA) is 51.0 Å². The molecular weight excluding hydrogens is 312 g/mol. The van der Waals surface area contributed by atoms with Crippen LogP contribution in [0.3, 0.4) is 0 Å². The van der Waals surface area contributed by atoms with Crippen LogP contribution in [-0.4, -0.2) is 38.7 Å². The average Bonchev–Trinajstić information content (AvgIpc) is 3.36. The standard InChI is InChI=1S/C20H24N4O/c25-20(17-8-7-14-4-1-2-5-16(14)17)23-12-9-15(10-13-23)19-22-21-18-6-3-11-24(18)19/h1-2,4-5,15,17H,3,6-13H2/t17-/m1/s1. The lowest BCUT2D eigenvalue weighted by atomic mass is 9.93. The smallest absolute Gasteiger partial charge is 0.230 e. The molecule has 1 aliphatic carbocycles. The Morgan fingerprint density at radius 2 is 1.84 bits per heavy atom. The van der Waals surface area contributed by atoms with Gasteiger partial charge in [-0.05, 0) is 43.2 Å². The average molecular weight is 336 g/mol. The van der Waals surface area contributed by atoms with Crippen LogP contribution < -0.4 is 0 Å². The summed E-state index contributed by atoms with van der Waals surface area (Å²) in [6.07, 6.45) is 6.28. The molecule has 0 bridgehead atoms. The normalized spacial score (nSPS) is 22.9. The van der Waals surface area contributed by atoms with E-state index in [2.05, 4.69) is 43.9 Å². The van der Waals surface area contributed by atoms with Crippen LogP contribution in [0, 0.1) is 0 Å². The van der Waals surface area contributed by atoms with Gasteiger partial charge in [0.1, 0.15) is 11.6 Å². The van der Waals surface area contributed by atoms with E-state index in [-0.39, 0.29) is 5.92 Å². The number of fused-ring (bicyclic) bond motifs is 2. The highest BCUT2D eigenvalue weighted by molar-refractivity contribution is 5.85. The summed E-state index contributed by atoms with van der Waals surface area (Å²) in [6, 6.07) is 8.44. The molecule has 5 rings (SSSR count). The van der Waals surface area contributed by atoms with Crippen molar-refractivity contribution in [3.8, 4) is 0 Å². The molecule has 0 radical (unpaired) electrons. The van der Waals surface area contributed by atoms with Gasteiger partial charge in [0.05, 0.1) is 5.92 Å². The maximum absolute atomic E-state index is 13.0. The predicted molar refractivity (Wildman–Crippen MR) is 94.4 cm³/mol. The van der Waals surface area contributed by atoms with Gasteiger partial charge in [0, 0.05) is 32.0 Å². The number of aromatic nitrogens is 3. The minimum atomic E-state index is 0.0742. The highest BCUT2D eigenvalue weighted by Crippen LogP contribution is 2.36. The first-order valence-corrected chi connectivity index (χ1v) is 9.60. The Morgan fingerprint density at radius 3 is 2.72 bits per heavy atom. The van der Waals surface area contributed by atoms with Crippen LogP contribution in [0.1, 0.15) is 60.3 Å². The van der Waals surface area contributed by atoms with Gasteiger partial charge in [-0.1, -0.05) is 24.3 Å². The van der Waals surface area contributed by atoms with Crippen molar-refractivity contribution in [2.45, 2.75) is 56.9 Å². The third-order valence-corrected chi connectivity index (χ3v) is 6.24. The molecule has 1 aromatic heterocycles. The van der Waals surface area contributed by atoms with Crippen LogP contribution in [0.5, 0.6) is 0 Å². The monoisotopic (exact) mass is 336 g/mol. The molecular formula is C20H24N4O. The lowest BCUT2D eigenvalue weighted by Crippen LogP contribution is -2.40. The molecule has 1 saturated heterocycles. The molecule has 2 aromatic rings. The zero-order chi connectivity index (χ0) is 16.8. The minimum Gasteiger partial charge on any atom is -0.342 e. The first kappa shape index (κ1) is 15.1. The number of benzene rings is 1. The SMILES string of the molecule is O=C([C@@H]1CCc2ccccc21)N1CCC(c2nnc3n2CCC3)CC1. The second-order valence-electron chi connectivity index (χ2n) is 7.62. The van der Waals surface area contributed by atoms with Gasteiger partial charge in [0.25, 0.3) is 0 Å². The Hall–Kier alpha value is -2.17. The van der Waals surface area contributed by atoms with Crippen molar-refractivity contribution in [2.75, 3.05) is 13.1 Å². The van der Waals surface area contributed by atoms with E-state index in [0.717, 1.165) is 63.4 Å². The molecule has 1 atom stereocenters. The summed E-state index contributed by atoms with van der Waals surface area (Å²) in [5, 5.41) is 8.79. The van der Waals surface area contributed by atoms with E-state index in [0.29, 0.717) is 11.8 Å². The van der Waals surface area contributed by atoms with Crippen molar-refractivity contribution in [3.63, 3.8) is 0 Å². The van der Waals surface area contributed by atoms with Crippen molar-refractivity contribution in [2.24, 2.45) is 0 Å². The summed E-state index contributed by atoms with van der Waals surface area (Å²) >= 11 is 0. The molecule has 25 heavy (non-hydrogen) atoms. The number of likely N-dealkylation sites (tertiary alicyclic amines) is 1. The van der Waals surface area contributed by atoms with Gasteiger partial charge in [0.2, 0.25) is 5.91 Å². The van der Waals surface area contributed by atoms with E-state index in [1.54, 1.807) is 0 Å². The zero-order valence-corrected chi connectivity index (χ0v) is 14.5. The lowest BCUT2D eigenvalue weighted by Gasteiger charge is -2.33. The molecule has 5 heteroatoms. The van der Waals surface area contributed by atoms with Gasteiger partial charge in [-0.15, -0.1) is 10.2 Å². The maximum Gasteiger partial charge on any atom is 0.230 e. The summed E-state index contributed by atoms with van der Waals surface area (Å²) in [7, 11) is 0.